The van der Waals surface area contributed by atoms with Crippen LogP contribution in [0.3, 0.4) is 0 Å². The quantitative estimate of drug-likeness (QED) is 0.155. The third-order valence-electron chi connectivity index (χ3n) is 2.91. The minimum absolute atomic E-state index is 0.0799. The van der Waals surface area contributed by atoms with Gasteiger partial charge >= 0.3 is 11.9 Å². The van der Waals surface area contributed by atoms with E-state index in [1.54, 1.807) is 14.2 Å². The van der Waals surface area contributed by atoms with Gasteiger partial charge in [0.1, 0.15) is 13.2 Å². The molecule has 28 heavy (non-hydrogen) atoms. The van der Waals surface area contributed by atoms with Gasteiger partial charge in [0.05, 0.1) is 66.1 Å². The highest BCUT2D eigenvalue weighted by atomic mass is 16.6. The highest BCUT2D eigenvalue weighted by Gasteiger charge is 2.01. The van der Waals surface area contributed by atoms with Gasteiger partial charge in [-0.2, -0.15) is 0 Å². The maximum Gasteiger partial charge on any atom is 0.331 e. The Hall–Kier alpha value is -1.56. The zero-order chi connectivity index (χ0) is 20.7. The van der Waals surface area contributed by atoms with Crippen LogP contribution < -0.4 is 0 Å². The number of esters is 2. The second-order valence-electron chi connectivity index (χ2n) is 5.10. The first-order valence-electron chi connectivity index (χ1n) is 9.01. The summed E-state index contributed by atoms with van der Waals surface area (Å²) < 4.78 is 40.2. The fourth-order valence-electron chi connectivity index (χ4n) is 1.56. The number of carbonyl (C=O) groups excluding carboxylic acids is 2. The monoisotopic (exact) mass is 408 g/mol. The maximum absolute atomic E-state index is 11.4. The highest BCUT2D eigenvalue weighted by Crippen LogP contribution is 1.88. The Balaban J connectivity index is 3.43. The van der Waals surface area contributed by atoms with Gasteiger partial charge in [0, 0.05) is 26.4 Å². The molecule has 0 aliphatic heterocycles. The Kier molecular flexibility index (Phi) is 20.5. The van der Waals surface area contributed by atoms with E-state index in [0.717, 1.165) is 12.2 Å². The van der Waals surface area contributed by atoms with Gasteiger partial charge < -0.3 is 37.9 Å². The van der Waals surface area contributed by atoms with Crippen LogP contribution >= 0.6 is 0 Å². The molecule has 0 aliphatic rings. The van der Waals surface area contributed by atoms with E-state index in [2.05, 4.69) is 0 Å². The second-order valence-corrected chi connectivity index (χ2v) is 5.10. The molecule has 0 aliphatic carbocycles. The third-order valence-corrected chi connectivity index (χ3v) is 2.91. The van der Waals surface area contributed by atoms with Crippen LogP contribution in [0.15, 0.2) is 12.2 Å². The molecule has 0 spiro atoms. The van der Waals surface area contributed by atoms with Crippen LogP contribution in [0.25, 0.3) is 0 Å². The van der Waals surface area contributed by atoms with Crippen molar-refractivity contribution < 1.29 is 47.5 Å². The van der Waals surface area contributed by atoms with Crippen LogP contribution in [0.4, 0.5) is 0 Å². The Bertz CT molecular complexity index is 364. The summed E-state index contributed by atoms with van der Waals surface area (Å²) in [4.78, 5) is 22.8. The SMILES string of the molecule is COCCOCCOCCOC(=O)/C=C/C(=O)OCCOCCOCCOC. The van der Waals surface area contributed by atoms with Crippen LogP contribution in [0.5, 0.6) is 0 Å². The topological polar surface area (TPSA) is 108 Å². The first-order chi connectivity index (χ1) is 13.7. The van der Waals surface area contributed by atoms with Gasteiger partial charge in [0.25, 0.3) is 0 Å². The van der Waals surface area contributed by atoms with Crippen LogP contribution in [0.2, 0.25) is 0 Å². The summed E-state index contributed by atoms with van der Waals surface area (Å²) in [6.07, 6.45) is 2.00. The first-order valence-corrected chi connectivity index (χ1v) is 9.01. The molecule has 10 heteroatoms. The van der Waals surface area contributed by atoms with Crippen LogP contribution in [0.1, 0.15) is 0 Å². The Morgan fingerprint density at radius 1 is 0.500 bits per heavy atom. The summed E-state index contributed by atoms with van der Waals surface area (Å²) in [6.45, 7) is 4.38. The molecule has 0 rings (SSSR count). The standard InChI is InChI=1S/C18H32O10/c1-21-5-7-23-9-11-25-13-15-27-17(19)3-4-18(20)28-16-14-26-12-10-24-8-6-22-2/h3-4H,5-16H2,1-2H3/b4-3+. The lowest BCUT2D eigenvalue weighted by Crippen LogP contribution is -2.14. The van der Waals surface area contributed by atoms with E-state index >= 15 is 0 Å². The van der Waals surface area contributed by atoms with Gasteiger partial charge in [-0.3, -0.25) is 0 Å². The number of ether oxygens (including phenoxy) is 8. The number of rotatable bonds is 20. The number of hydrogen-bond acceptors (Lipinski definition) is 10. The van der Waals surface area contributed by atoms with E-state index in [1.165, 1.54) is 0 Å². The molecule has 0 amide bonds. The predicted octanol–water partition coefficient (Wildman–Crippen LogP) is -0.0118. The van der Waals surface area contributed by atoms with Gasteiger partial charge in [0.15, 0.2) is 0 Å². The Labute approximate surface area is 165 Å². The van der Waals surface area contributed by atoms with Gasteiger partial charge in [-0.15, -0.1) is 0 Å². The normalized spacial score (nSPS) is 11.1. The molecule has 0 saturated carbocycles. The molecule has 0 unspecified atom stereocenters. The van der Waals surface area contributed by atoms with E-state index in [-0.39, 0.29) is 26.4 Å². The first kappa shape index (κ1) is 26.4. The molecule has 164 valence electrons. The fourth-order valence-corrected chi connectivity index (χ4v) is 1.56. The summed E-state index contributed by atoms with van der Waals surface area (Å²) in [5.74, 6) is -1.30. The molecule has 0 aromatic carbocycles. The molecule has 0 aromatic heterocycles. The summed E-state index contributed by atoms with van der Waals surface area (Å²) in [5, 5.41) is 0. The molecule has 0 atom stereocenters. The van der Waals surface area contributed by atoms with Crippen molar-refractivity contribution >= 4 is 11.9 Å². The fraction of sp³-hybridized carbons (Fsp3) is 0.778. The number of hydrogen-bond donors (Lipinski definition) is 0. The van der Waals surface area contributed by atoms with E-state index in [4.69, 9.17) is 37.9 Å². The highest BCUT2D eigenvalue weighted by molar-refractivity contribution is 5.91. The van der Waals surface area contributed by atoms with Crippen molar-refractivity contribution in [2.24, 2.45) is 0 Å². The Morgan fingerprint density at radius 3 is 1.11 bits per heavy atom. The van der Waals surface area contributed by atoms with Crippen molar-refractivity contribution in [2.75, 3.05) is 93.5 Å². The summed E-state index contributed by atoms with van der Waals surface area (Å²) >= 11 is 0. The Morgan fingerprint density at radius 2 is 0.786 bits per heavy atom. The van der Waals surface area contributed by atoms with Crippen molar-refractivity contribution in [1.29, 1.82) is 0 Å². The lowest BCUT2D eigenvalue weighted by molar-refractivity contribution is -0.142. The summed E-state index contributed by atoms with van der Waals surface area (Å²) in [6, 6.07) is 0. The zero-order valence-corrected chi connectivity index (χ0v) is 16.7. The van der Waals surface area contributed by atoms with Gasteiger partial charge in [-0.25, -0.2) is 9.59 Å². The number of carbonyl (C=O) groups is 2. The lowest BCUT2D eigenvalue weighted by atomic mass is 10.5. The molecule has 0 fully saturated rings. The molecule has 0 bridgehead atoms. The van der Waals surface area contributed by atoms with Gasteiger partial charge in [-0.1, -0.05) is 0 Å². The molecule has 0 radical (unpaired) electrons. The van der Waals surface area contributed by atoms with Gasteiger partial charge in [0.2, 0.25) is 0 Å². The smallest absolute Gasteiger partial charge is 0.331 e. The van der Waals surface area contributed by atoms with Crippen molar-refractivity contribution in [3.8, 4) is 0 Å². The molecule has 0 N–H and O–H groups in total. The minimum atomic E-state index is -0.652. The summed E-state index contributed by atoms with van der Waals surface area (Å²) in [5.41, 5.74) is 0. The van der Waals surface area contributed by atoms with Crippen LogP contribution in [0, 0.1) is 0 Å². The maximum atomic E-state index is 11.4. The molecule has 0 aromatic rings. The van der Waals surface area contributed by atoms with E-state index < -0.39 is 11.9 Å². The third kappa shape index (κ3) is 20.7. The van der Waals surface area contributed by atoms with Gasteiger partial charge in [-0.05, 0) is 0 Å². The predicted molar refractivity (Wildman–Crippen MR) is 98.1 cm³/mol. The average molecular weight is 408 g/mol. The largest absolute Gasteiger partial charge is 0.460 e. The molecule has 10 nitrogen and oxygen atoms in total. The summed E-state index contributed by atoms with van der Waals surface area (Å²) in [7, 11) is 3.20. The van der Waals surface area contributed by atoms with Crippen molar-refractivity contribution in [3.05, 3.63) is 12.2 Å². The van der Waals surface area contributed by atoms with E-state index in [0.29, 0.717) is 52.9 Å². The lowest BCUT2D eigenvalue weighted by Gasteiger charge is -2.06. The van der Waals surface area contributed by atoms with Crippen molar-refractivity contribution in [2.45, 2.75) is 0 Å². The molecule has 0 heterocycles. The van der Waals surface area contributed by atoms with E-state index in [9.17, 15) is 9.59 Å². The molecular weight excluding hydrogens is 376 g/mol. The van der Waals surface area contributed by atoms with E-state index in [1.807, 2.05) is 0 Å². The van der Waals surface area contributed by atoms with Crippen LogP contribution in [-0.2, 0) is 47.5 Å². The second kappa shape index (κ2) is 21.7. The van der Waals surface area contributed by atoms with Crippen molar-refractivity contribution in [1.82, 2.24) is 0 Å². The minimum Gasteiger partial charge on any atom is -0.460 e. The van der Waals surface area contributed by atoms with Crippen LogP contribution in [-0.4, -0.2) is 105 Å². The molecule has 0 saturated heterocycles. The average Bonchev–Trinajstić information content (AvgIpc) is 2.69. The molecular formula is C18H32O10. The zero-order valence-electron chi connectivity index (χ0n) is 16.7. The number of methoxy groups -OCH3 is 2. The van der Waals surface area contributed by atoms with Crippen molar-refractivity contribution in [3.63, 3.8) is 0 Å².